The number of benzene rings is 1. The second-order valence-corrected chi connectivity index (χ2v) is 7.15. The zero-order valence-electron chi connectivity index (χ0n) is 13.8. The van der Waals surface area contributed by atoms with E-state index in [2.05, 4.69) is 52.3 Å². The molecule has 2 aliphatic rings. The first-order valence-electron chi connectivity index (χ1n) is 9.10. The van der Waals surface area contributed by atoms with E-state index in [1.165, 1.54) is 44.2 Å². The van der Waals surface area contributed by atoms with Crippen molar-refractivity contribution in [3.05, 3.63) is 66.0 Å². The van der Waals surface area contributed by atoms with Gasteiger partial charge in [0.05, 0.1) is 0 Å². The van der Waals surface area contributed by atoms with Crippen LogP contribution in [0.5, 0.6) is 0 Å². The third-order valence-electron chi connectivity index (χ3n) is 5.86. The summed E-state index contributed by atoms with van der Waals surface area (Å²) < 4.78 is 0. The van der Waals surface area contributed by atoms with Crippen molar-refractivity contribution in [1.82, 2.24) is 9.88 Å². The molecule has 1 saturated heterocycles. The Morgan fingerprint density at radius 2 is 1.70 bits per heavy atom. The van der Waals surface area contributed by atoms with Crippen molar-refractivity contribution in [1.29, 1.82) is 0 Å². The summed E-state index contributed by atoms with van der Waals surface area (Å²) >= 11 is 0. The summed E-state index contributed by atoms with van der Waals surface area (Å²) in [4.78, 5) is 6.90. The number of nitrogens with zero attached hydrogens (tertiary/aromatic N) is 2. The molecule has 1 aromatic heterocycles. The molecule has 1 aliphatic heterocycles. The molecule has 3 atom stereocenters. The van der Waals surface area contributed by atoms with Crippen molar-refractivity contribution in [3.63, 3.8) is 0 Å². The quantitative estimate of drug-likeness (QED) is 0.822. The molecule has 1 aliphatic carbocycles. The van der Waals surface area contributed by atoms with E-state index in [4.69, 9.17) is 0 Å². The number of hydrogen-bond acceptors (Lipinski definition) is 2. The van der Waals surface area contributed by atoms with Crippen LogP contribution in [-0.4, -0.2) is 22.5 Å². The summed E-state index contributed by atoms with van der Waals surface area (Å²) in [6.07, 6.45) is 10.7. The highest BCUT2D eigenvalue weighted by atomic mass is 15.2. The van der Waals surface area contributed by atoms with Gasteiger partial charge in [0, 0.05) is 25.0 Å². The van der Waals surface area contributed by atoms with Crippen molar-refractivity contribution in [2.75, 3.05) is 6.54 Å². The first-order chi connectivity index (χ1) is 11.4. The van der Waals surface area contributed by atoms with Gasteiger partial charge in [0.1, 0.15) is 0 Å². The van der Waals surface area contributed by atoms with Crippen LogP contribution in [-0.2, 0) is 6.54 Å². The van der Waals surface area contributed by atoms with E-state index >= 15 is 0 Å². The smallest absolute Gasteiger partial charge is 0.0271 e. The van der Waals surface area contributed by atoms with Gasteiger partial charge >= 0.3 is 0 Å². The van der Waals surface area contributed by atoms with E-state index in [1.54, 1.807) is 5.56 Å². The molecule has 2 nitrogen and oxygen atoms in total. The Kier molecular flexibility index (Phi) is 4.43. The second-order valence-electron chi connectivity index (χ2n) is 7.15. The van der Waals surface area contributed by atoms with E-state index in [9.17, 15) is 0 Å². The fourth-order valence-electron chi connectivity index (χ4n) is 4.78. The largest absolute Gasteiger partial charge is 0.296 e. The van der Waals surface area contributed by atoms with Crippen LogP contribution in [0, 0.1) is 5.92 Å². The highest BCUT2D eigenvalue weighted by Crippen LogP contribution is 2.44. The average molecular weight is 306 g/mol. The van der Waals surface area contributed by atoms with Gasteiger partial charge in [-0.25, -0.2) is 0 Å². The molecule has 0 unspecified atom stereocenters. The van der Waals surface area contributed by atoms with Gasteiger partial charge in [-0.2, -0.15) is 0 Å². The summed E-state index contributed by atoms with van der Waals surface area (Å²) in [5.41, 5.74) is 2.97. The maximum absolute atomic E-state index is 4.15. The highest BCUT2D eigenvalue weighted by molar-refractivity contribution is 5.22. The number of rotatable bonds is 3. The van der Waals surface area contributed by atoms with Crippen LogP contribution in [0.4, 0.5) is 0 Å². The number of hydrogen-bond donors (Lipinski definition) is 0. The molecule has 0 amide bonds. The SMILES string of the molecule is c1ccc([C@H]2CCN(Cc3ccncc3)[C@@H]3CCCC[C@H]23)cc1. The summed E-state index contributed by atoms with van der Waals surface area (Å²) in [5, 5.41) is 0. The molecule has 4 rings (SSSR count). The predicted octanol–water partition coefficient (Wildman–Crippen LogP) is 4.63. The molecule has 1 aromatic carbocycles. The third-order valence-corrected chi connectivity index (χ3v) is 5.86. The third kappa shape index (κ3) is 3.18. The van der Waals surface area contributed by atoms with Crippen molar-refractivity contribution < 1.29 is 0 Å². The summed E-state index contributed by atoms with van der Waals surface area (Å²) in [6, 6.07) is 16.3. The number of fused-ring (bicyclic) bond motifs is 1. The molecule has 0 N–H and O–H groups in total. The Labute approximate surface area is 139 Å². The van der Waals surface area contributed by atoms with Gasteiger partial charge in [0.2, 0.25) is 0 Å². The van der Waals surface area contributed by atoms with Gasteiger partial charge in [-0.3, -0.25) is 9.88 Å². The topological polar surface area (TPSA) is 16.1 Å². The van der Waals surface area contributed by atoms with E-state index in [0.29, 0.717) is 0 Å². The molecular formula is C21H26N2. The highest BCUT2D eigenvalue weighted by Gasteiger charge is 2.39. The molecule has 120 valence electrons. The summed E-state index contributed by atoms with van der Waals surface area (Å²) in [7, 11) is 0. The standard InChI is InChI=1S/C21H26N2/c1-2-6-18(7-3-1)19-12-15-23(16-17-10-13-22-14-11-17)21-9-5-4-8-20(19)21/h1-3,6-7,10-11,13-14,19-21H,4-5,8-9,12,15-16H2/t19-,20-,21-/m1/s1. The molecule has 2 heterocycles. The maximum Gasteiger partial charge on any atom is 0.0271 e. The Hall–Kier alpha value is -1.67. The molecular weight excluding hydrogens is 280 g/mol. The first-order valence-corrected chi connectivity index (χ1v) is 9.10. The van der Waals surface area contributed by atoms with Crippen molar-refractivity contribution in [3.8, 4) is 0 Å². The predicted molar refractivity (Wildman–Crippen MR) is 94.2 cm³/mol. The molecule has 23 heavy (non-hydrogen) atoms. The molecule has 1 saturated carbocycles. The van der Waals surface area contributed by atoms with Gasteiger partial charge in [-0.05, 0) is 60.9 Å². The Balaban J connectivity index is 1.54. The summed E-state index contributed by atoms with van der Waals surface area (Å²) in [5.74, 6) is 1.59. The fraction of sp³-hybridized carbons (Fsp3) is 0.476. The Morgan fingerprint density at radius 3 is 2.52 bits per heavy atom. The van der Waals surface area contributed by atoms with Gasteiger partial charge in [-0.15, -0.1) is 0 Å². The van der Waals surface area contributed by atoms with Gasteiger partial charge in [0.25, 0.3) is 0 Å². The molecule has 0 radical (unpaired) electrons. The maximum atomic E-state index is 4.15. The van der Waals surface area contributed by atoms with E-state index in [0.717, 1.165) is 24.4 Å². The van der Waals surface area contributed by atoms with Crippen molar-refractivity contribution >= 4 is 0 Å². The van der Waals surface area contributed by atoms with Crippen LogP contribution in [0.3, 0.4) is 0 Å². The number of aromatic nitrogens is 1. The van der Waals surface area contributed by atoms with Crippen LogP contribution in [0.25, 0.3) is 0 Å². The molecule has 2 fully saturated rings. The van der Waals surface area contributed by atoms with Gasteiger partial charge in [0.15, 0.2) is 0 Å². The van der Waals surface area contributed by atoms with Gasteiger partial charge < -0.3 is 0 Å². The monoisotopic (exact) mass is 306 g/mol. The first kappa shape index (κ1) is 14.9. The van der Waals surface area contributed by atoms with Crippen LogP contribution in [0.1, 0.15) is 49.1 Å². The summed E-state index contributed by atoms with van der Waals surface area (Å²) in [6.45, 7) is 2.31. The lowest BCUT2D eigenvalue weighted by Crippen LogP contribution is -2.49. The number of likely N-dealkylation sites (tertiary alicyclic amines) is 1. The number of piperidine rings is 1. The lowest BCUT2D eigenvalue weighted by Gasteiger charge is -2.48. The van der Waals surface area contributed by atoms with Crippen LogP contribution in [0.2, 0.25) is 0 Å². The minimum Gasteiger partial charge on any atom is -0.296 e. The minimum absolute atomic E-state index is 0.759. The van der Waals surface area contributed by atoms with Gasteiger partial charge in [-0.1, -0.05) is 43.2 Å². The van der Waals surface area contributed by atoms with Crippen LogP contribution < -0.4 is 0 Å². The normalized spacial score (nSPS) is 28.3. The Bertz CT molecular complexity index is 610. The minimum atomic E-state index is 0.759. The van der Waals surface area contributed by atoms with E-state index in [-0.39, 0.29) is 0 Å². The average Bonchev–Trinajstić information content (AvgIpc) is 2.64. The van der Waals surface area contributed by atoms with E-state index in [1.807, 2.05) is 12.4 Å². The lowest BCUT2D eigenvalue weighted by molar-refractivity contribution is 0.0389. The lowest BCUT2D eigenvalue weighted by atomic mass is 9.69. The van der Waals surface area contributed by atoms with E-state index < -0.39 is 0 Å². The fourth-order valence-corrected chi connectivity index (χ4v) is 4.78. The van der Waals surface area contributed by atoms with Crippen LogP contribution >= 0.6 is 0 Å². The molecule has 0 bridgehead atoms. The van der Waals surface area contributed by atoms with Crippen molar-refractivity contribution in [2.24, 2.45) is 5.92 Å². The zero-order valence-corrected chi connectivity index (χ0v) is 13.8. The molecule has 2 aromatic rings. The number of pyridine rings is 1. The van der Waals surface area contributed by atoms with Crippen LogP contribution in [0.15, 0.2) is 54.9 Å². The molecule has 2 heteroatoms. The van der Waals surface area contributed by atoms with Crippen molar-refractivity contribution in [2.45, 2.75) is 50.6 Å². The second kappa shape index (κ2) is 6.84. The zero-order chi connectivity index (χ0) is 15.5. The Morgan fingerprint density at radius 1 is 0.913 bits per heavy atom. The molecule has 0 spiro atoms.